The van der Waals surface area contributed by atoms with Crippen LogP contribution in [0.1, 0.15) is 19.8 Å². The third-order valence-corrected chi connectivity index (χ3v) is 2.55. The van der Waals surface area contributed by atoms with Gasteiger partial charge in [-0.3, -0.25) is 14.5 Å². The largest absolute Gasteiger partial charge is 0.465 e. The average molecular weight is 214 g/mol. The van der Waals surface area contributed by atoms with Gasteiger partial charge in [0.25, 0.3) is 0 Å². The minimum absolute atomic E-state index is 0.0169. The highest BCUT2D eigenvalue weighted by atomic mass is 16.5. The van der Waals surface area contributed by atoms with Gasteiger partial charge in [-0.05, 0) is 26.3 Å². The lowest BCUT2D eigenvalue weighted by molar-refractivity contribution is -0.145. The van der Waals surface area contributed by atoms with Crippen LogP contribution >= 0.6 is 0 Å². The van der Waals surface area contributed by atoms with Gasteiger partial charge in [0.1, 0.15) is 0 Å². The number of carbonyl (C=O) groups excluding carboxylic acids is 2. The van der Waals surface area contributed by atoms with E-state index in [0.717, 1.165) is 19.4 Å². The third-order valence-electron chi connectivity index (χ3n) is 2.55. The van der Waals surface area contributed by atoms with Gasteiger partial charge in [0.05, 0.1) is 19.2 Å². The van der Waals surface area contributed by atoms with Gasteiger partial charge >= 0.3 is 5.97 Å². The average Bonchev–Trinajstić information content (AvgIpc) is 2.65. The van der Waals surface area contributed by atoms with Gasteiger partial charge in [0.2, 0.25) is 5.91 Å². The topological polar surface area (TPSA) is 58.6 Å². The number of hydrogen-bond donors (Lipinski definition) is 1. The predicted octanol–water partition coefficient (Wildman–Crippen LogP) is -0.240. The van der Waals surface area contributed by atoms with Crippen LogP contribution in [0.5, 0.6) is 0 Å². The Labute approximate surface area is 89.8 Å². The molecule has 1 unspecified atom stereocenters. The van der Waals surface area contributed by atoms with Crippen LogP contribution in [-0.4, -0.2) is 49.6 Å². The number of esters is 1. The molecule has 5 nitrogen and oxygen atoms in total. The quantitative estimate of drug-likeness (QED) is 0.656. The number of carbonyl (C=O) groups is 2. The van der Waals surface area contributed by atoms with Crippen molar-refractivity contribution < 1.29 is 14.3 Å². The van der Waals surface area contributed by atoms with Crippen molar-refractivity contribution in [3.63, 3.8) is 0 Å². The Morgan fingerprint density at radius 3 is 2.87 bits per heavy atom. The molecule has 0 saturated carbocycles. The van der Waals surface area contributed by atoms with Crippen LogP contribution in [0.3, 0.4) is 0 Å². The zero-order chi connectivity index (χ0) is 11.3. The minimum atomic E-state index is -0.256. The Kier molecular flexibility index (Phi) is 4.55. The van der Waals surface area contributed by atoms with Crippen LogP contribution in [0.15, 0.2) is 0 Å². The van der Waals surface area contributed by atoms with Crippen LogP contribution in [0.25, 0.3) is 0 Å². The molecule has 1 saturated heterocycles. The summed E-state index contributed by atoms with van der Waals surface area (Å²) in [6, 6.07) is -0.167. The van der Waals surface area contributed by atoms with Crippen molar-refractivity contribution in [3.8, 4) is 0 Å². The van der Waals surface area contributed by atoms with E-state index >= 15 is 0 Å². The molecule has 0 bridgehead atoms. The van der Waals surface area contributed by atoms with Crippen LogP contribution in [-0.2, 0) is 14.3 Å². The second-order valence-electron chi connectivity index (χ2n) is 3.55. The van der Waals surface area contributed by atoms with Crippen LogP contribution in [0.2, 0.25) is 0 Å². The fraction of sp³-hybridized carbons (Fsp3) is 0.800. The maximum atomic E-state index is 11.5. The normalized spacial score (nSPS) is 21.3. The molecule has 0 spiro atoms. The van der Waals surface area contributed by atoms with Gasteiger partial charge in [0.15, 0.2) is 0 Å². The Morgan fingerprint density at radius 1 is 1.53 bits per heavy atom. The van der Waals surface area contributed by atoms with Crippen molar-refractivity contribution in [3.05, 3.63) is 0 Å². The number of nitrogens with one attached hydrogen (secondary N) is 1. The second kappa shape index (κ2) is 5.70. The Morgan fingerprint density at radius 2 is 2.27 bits per heavy atom. The summed E-state index contributed by atoms with van der Waals surface area (Å²) < 4.78 is 4.85. The molecule has 0 aromatic heterocycles. The van der Waals surface area contributed by atoms with Crippen molar-refractivity contribution in [2.75, 3.05) is 26.7 Å². The summed E-state index contributed by atoms with van der Waals surface area (Å²) in [5.41, 5.74) is 0. The van der Waals surface area contributed by atoms with E-state index < -0.39 is 0 Å². The van der Waals surface area contributed by atoms with Crippen LogP contribution in [0.4, 0.5) is 0 Å². The number of likely N-dealkylation sites (N-methyl/N-ethyl adjacent to an activating group) is 1. The van der Waals surface area contributed by atoms with Crippen molar-refractivity contribution in [1.29, 1.82) is 0 Å². The molecule has 0 aliphatic carbocycles. The molecule has 5 heteroatoms. The molecular weight excluding hydrogens is 196 g/mol. The lowest BCUT2D eigenvalue weighted by atomic mass is 10.2. The summed E-state index contributed by atoms with van der Waals surface area (Å²) in [4.78, 5) is 24.6. The lowest BCUT2D eigenvalue weighted by Crippen LogP contribution is -2.44. The fourth-order valence-electron chi connectivity index (χ4n) is 1.85. The van der Waals surface area contributed by atoms with E-state index in [9.17, 15) is 9.59 Å². The zero-order valence-corrected chi connectivity index (χ0v) is 9.28. The van der Waals surface area contributed by atoms with E-state index in [1.54, 1.807) is 14.0 Å². The lowest BCUT2D eigenvalue weighted by Gasteiger charge is -2.21. The summed E-state index contributed by atoms with van der Waals surface area (Å²) in [5.74, 6) is -0.273. The smallest absolute Gasteiger partial charge is 0.320 e. The first-order chi connectivity index (χ1) is 7.19. The molecule has 1 N–H and O–H groups in total. The Hall–Kier alpha value is -1.10. The second-order valence-corrected chi connectivity index (χ2v) is 3.55. The molecular formula is C10H18N2O3. The van der Waals surface area contributed by atoms with E-state index in [4.69, 9.17) is 4.74 Å². The van der Waals surface area contributed by atoms with E-state index in [1.165, 1.54) is 0 Å². The van der Waals surface area contributed by atoms with E-state index in [2.05, 4.69) is 5.32 Å². The predicted molar refractivity (Wildman–Crippen MR) is 55.3 cm³/mol. The number of amides is 1. The third kappa shape index (κ3) is 3.20. The number of likely N-dealkylation sites (tertiary alicyclic amines) is 1. The summed E-state index contributed by atoms with van der Waals surface area (Å²) in [6.45, 7) is 3.16. The highest BCUT2D eigenvalue weighted by Gasteiger charge is 2.31. The molecule has 1 aliphatic rings. The minimum Gasteiger partial charge on any atom is -0.465 e. The van der Waals surface area contributed by atoms with Crippen LogP contribution in [0, 0.1) is 0 Å². The highest BCUT2D eigenvalue weighted by molar-refractivity contribution is 5.82. The van der Waals surface area contributed by atoms with E-state index in [1.807, 2.05) is 4.90 Å². The van der Waals surface area contributed by atoms with Gasteiger partial charge < -0.3 is 10.1 Å². The molecule has 86 valence electrons. The molecule has 1 aliphatic heterocycles. The molecule has 1 amide bonds. The molecule has 0 radical (unpaired) electrons. The first kappa shape index (κ1) is 12.0. The maximum Gasteiger partial charge on any atom is 0.320 e. The van der Waals surface area contributed by atoms with Crippen molar-refractivity contribution in [2.45, 2.75) is 25.8 Å². The zero-order valence-electron chi connectivity index (χ0n) is 9.28. The van der Waals surface area contributed by atoms with Gasteiger partial charge in [0, 0.05) is 7.05 Å². The number of rotatable bonds is 4. The summed E-state index contributed by atoms with van der Waals surface area (Å²) in [7, 11) is 1.61. The number of hydrogen-bond acceptors (Lipinski definition) is 4. The fourth-order valence-corrected chi connectivity index (χ4v) is 1.85. The highest BCUT2D eigenvalue weighted by Crippen LogP contribution is 2.16. The Bertz CT molecular complexity index is 243. The van der Waals surface area contributed by atoms with Crippen LogP contribution < -0.4 is 5.32 Å². The molecule has 0 aromatic carbocycles. The molecule has 1 heterocycles. The first-order valence-electron chi connectivity index (χ1n) is 5.30. The monoisotopic (exact) mass is 214 g/mol. The van der Waals surface area contributed by atoms with Gasteiger partial charge in [-0.2, -0.15) is 0 Å². The maximum absolute atomic E-state index is 11.5. The molecule has 1 fully saturated rings. The van der Waals surface area contributed by atoms with Crippen molar-refractivity contribution in [2.24, 2.45) is 0 Å². The van der Waals surface area contributed by atoms with Crippen molar-refractivity contribution in [1.82, 2.24) is 10.2 Å². The summed E-state index contributed by atoms with van der Waals surface area (Å²) in [5, 5.41) is 2.61. The molecule has 1 atom stereocenters. The summed E-state index contributed by atoms with van der Waals surface area (Å²) >= 11 is 0. The van der Waals surface area contributed by atoms with E-state index in [0.29, 0.717) is 6.61 Å². The molecule has 15 heavy (non-hydrogen) atoms. The van der Waals surface area contributed by atoms with Gasteiger partial charge in [-0.25, -0.2) is 0 Å². The van der Waals surface area contributed by atoms with Gasteiger partial charge in [-0.15, -0.1) is 0 Å². The number of nitrogens with zero attached hydrogens (tertiary/aromatic N) is 1. The van der Waals surface area contributed by atoms with E-state index in [-0.39, 0.29) is 24.5 Å². The van der Waals surface area contributed by atoms with Crippen molar-refractivity contribution >= 4 is 11.9 Å². The Balaban J connectivity index is 2.46. The molecule has 1 rings (SSSR count). The SMILES string of the molecule is CCOC(=O)CN1CCCC1C(=O)NC. The molecule has 0 aromatic rings. The van der Waals surface area contributed by atoms with Gasteiger partial charge in [-0.1, -0.05) is 0 Å². The first-order valence-corrected chi connectivity index (χ1v) is 5.30. The standard InChI is InChI=1S/C10H18N2O3/c1-3-15-9(13)7-12-6-4-5-8(12)10(14)11-2/h8H,3-7H2,1-2H3,(H,11,14). The number of ether oxygens (including phenoxy) is 1. The summed E-state index contributed by atoms with van der Waals surface area (Å²) in [6.07, 6.45) is 1.77.